The maximum Gasteiger partial charge on any atom is 0.307 e. The molecule has 8 nitrogen and oxygen atoms in total. The van der Waals surface area contributed by atoms with Gasteiger partial charge >= 0.3 is 5.97 Å². The quantitative estimate of drug-likeness (QED) is 0.475. The van der Waals surface area contributed by atoms with Crippen LogP contribution >= 0.6 is 22.9 Å². The number of esters is 1. The van der Waals surface area contributed by atoms with Gasteiger partial charge < -0.3 is 10.1 Å². The van der Waals surface area contributed by atoms with Gasteiger partial charge in [-0.05, 0) is 37.3 Å². The number of thiophene rings is 1. The molecule has 0 aliphatic heterocycles. The summed E-state index contributed by atoms with van der Waals surface area (Å²) < 4.78 is 28.2. The zero-order valence-electron chi connectivity index (χ0n) is 14.7. The minimum Gasteiger partial charge on any atom is -0.453 e. The summed E-state index contributed by atoms with van der Waals surface area (Å²) >= 11 is 6.88. The number of nitrogens with two attached hydrogens (primary N) is 1. The number of hydrogen-bond donors (Lipinski definition) is 2. The molecule has 1 aromatic carbocycles. The Kier molecular flexibility index (Phi) is 7.30. The molecule has 1 amide bonds. The fraction of sp³-hybridized carbons (Fsp3) is 0.235. The van der Waals surface area contributed by atoms with E-state index in [1.165, 1.54) is 31.2 Å². The van der Waals surface area contributed by atoms with Crippen molar-refractivity contribution in [3.63, 3.8) is 0 Å². The van der Waals surface area contributed by atoms with Crippen LogP contribution in [-0.2, 0) is 24.3 Å². The van der Waals surface area contributed by atoms with Crippen LogP contribution in [0.15, 0.2) is 41.3 Å². The lowest BCUT2D eigenvalue weighted by molar-refractivity contribution is -0.153. The van der Waals surface area contributed by atoms with Gasteiger partial charge in [0.05, 0.1) is 20.5 Å². The van der Waals surface area contributed by atoms with Crippen molar-refractivity contribution in [1.82, 2.24) is 0 Å². The van der Waals surface area contributed by atoms with Gasteiger partial charge in [-0.15, -0.1) is 11.3 Å². The molecule has 2 rings (SSSR count). The molecule has 11 heteroatoms. The number of carbonyl (C=O) groups excluding carboxylic acids is 3. The van der Waals surface area contributed by atoms with Crippen molar-refractivity contribution < 1.29 is 27.5 Å². The molecule has 1 atom stereocenters. The van der Waals surface area contributed by atoms with Crippen molar-refractivity contribution in [2.45, 2.75) is 30.8 Å². The third kappa shape index (κ3) is 6.41. The van der Waals surface area contributed by atoms with Crippen LogP contribution in [0.2, 0.25) is 4.34 Å². The van der Waals surface area contributed by atoms with Crippen molar-refractivity contribution in [2.75, 3.05) is 5.32 Å². The lowest BCUT2D eigenvalue weighted by atomic mass is 10.2. The van der Waals surface area contributed by atoms with E-state index in [4.69, 9.17) is 21.5 Å². The van der Waals surface area contributed by atoms with Crippen molar-refractivity contribution in [1.29, 1.82) is 0 Å². The SMILES string of the molecule is CC(OC(=O)CCC(=O)c1ccc(Cl)s1)C(=O)Nc1cccc(S(N)(=O)=O)c1. The molecule has 1 unspecified atom stereocenters. The second-order valence-corrected chi connectivity index (χ2v) is 9.00. The Hall–Kier alpha value is -2.27. The molecule has 0 aliphatic rings. The Labute approximate surface area is 170 Å². The number of nitrogens with one attached hydrogen (secondary N) is 1. The van der Waals surface area contributed by atoms with Crippen LogP contribution in [0.25, 0.3) is 0 Å². The lowest BCUT2D eigenvalue weighted by Gasteiger charge is -2.13. The van der Waals surface area contributed by atoms with Gasteiger partial charge in [0.15, 0.2) is 11.9 Å². The summed E-state index contributed by atoms with van der Waals surface area (Å²) in [5.74, 6) is -1.61. The van der Waals surface area contributed by atoms with Gasteiger partial charge in [0.1, 0.15) is 0 Å². The largest absolute Gasteiger partial charge is 0.453 e. The van der Waals surface area contributed by atoms with Crippen LogP contribution in [0, 0.1) is 0 Å². The molecule has 0 spiro atoms. The normalized spacial score (nSPS) is 12.2. The van der Waals surface area contributed by atoms with Crippen molar-refractivity contribution in [3.8, 4) is 0 Å². The third-order valence-electron chi connectivity index (χ3n) is 3.51. The van der Waals surface area contributed by atoms with E-state index < -0.39 is 28.0 Å². The molecule has 28 heavy (non-hydrogen) atoms. The fourth-order valence-corrected chi connectivity index (χ4v) is 3.68. The first kappa shape index (κ1) is 22.0. The molecule has 0 radical (unpaired) electrons. The number of sulfonamides is 1. The fourth-order valence-electron chi connectivity index (χ4n) is 2.11. The highest BCUT2D eigenvalue weighted by Crippen LogP contribution is 2.23. The van der Waals surface area contributed by atoms with E-state index in [-0.39, 0.29) is 29.2 Å². The van der Waals surface area contributed by atoms with Crippen molar-refractivity contribution in [2.24, 2.45) is 5.14 Å². The Morgan fingerprint density at radius 2 is 1.93 bits per heavy atom. The smallest absolute Gasteiger partial charge is 0.307 e. The van der Waals surface area contributed by atoms with Gasteiger partial charge in [-0.1, -0.05) is 17.7 Å². The number of Topliss-reactive ketones (excluding diaryl/α,β-unsaturated/α-hetero) is 1. The van der Waals surface area contributed by atoms with E-state index in [0.717, 1.165) is 11.3 Å². The highest BCUT2D eigenvalue weighted by atomic mass is 35.5. The summed E-state index contributed by atoms with van der Waals surface area (Å²) in [6.07, 6.45) is -1.40. The number of primary sulfonamides is 1. The second-order valence-electron chi connectivity index (χ2n) is 5.72. The molecule has 0 aliphatic carbocycles. The summed E-state index contributed by atoms with van der Waals surface area (Å²) in [4.78, 5) is 36.2. The summed E-state index contributed by atoms with van der Waals surface area (Å²) in [5, 5.41) is 7.48. The molecule has 0 bridgehead atoms. The number of benzene rings is 1. The maximum absolute atomic E-state index is 12.1. The second kappa shape index (κ2) is 9.28. The van der Waals surface area contributed by atoms with Gasteiger partial charge in [0.2, 0.25) is 10.0 Å². The van der Waals surface area contributed by atoms with Gasteiger partial charge in [-0.2, -0.15) is 0 Å². The van der Waals surface area contributed by atoms with Crippen LogP contribution in [0.3, 0.4) is 0 Å². The number of amides is 1. The minimum absolute atomic E-state index is 0.0690. The molecule has 3 N–H and O–H groups in total. The first-order valence-corrected chi connectivity index (χ1v) is 10.7. The standard InChI is InChI=1S/C17H17ClN2O6S2/c1-10(17(23)20-11-3-2-4-12(9-11)28(19,24)25)26-16(22)8-5-13(21)14-6-7-15(18)27-14/h2-4,6-7,9-10H,5,8H2,1H3,(H,20,23)(H2,19,24,25). The number of carbonyl (C=O) groups is 3. The Morgan fingerprint density at radius 3 is 2.54 bits per heavy atom. The van der Waals surface area contributed by atoms with Crippen molar-refractivity contribution >= 4 is 56.3 Å². The molecular formula is C17H17ClN2O6S2. The molecule has 0 fully saturated rings. The summed E-state index contributed by atoms with van der Waals surface area (Å²) in [6, 6.07) is 8.51. The molecule has 150 valence electrons. The minimum atomic E-state index is -3.91. The number of ether oxygens (including phenoxy) is 1. The monoisotopic (exact) mass is 444 g/mol. The molecule has 2 aromatic rings. The zero-order valence-corrected chi connectivity index (χ0v) is 17.1. The predicted octanol–water partition coefficient (Wildman–Crippen LogP) is 2.58. The van der Waals surface area contributed by atoms with Gasteiger partial charge in [0, 0.05) is 12.1 Å². The Bertz CT molecular complexity index is 1000. The number of ketones is 1. The van der Waals surface area contributed by atoms with Crippen LogP contribution in [0.5, 0.6) is 0 Å². The third-order valence-corrected chi connectivity index (χ3v) is 5.69. The van der Waals surface area contributed by atoms with Crippen molar-refractivity contribution in [3.05, 3.63) is 45.6 Å². The Balaban J connectivity index is 1.86. The maximum atomic E-state index is 12.1. The number of rotatable bonds is 8. The molecule has 1 aromatic heterocycles. The van der Waals surface area contributed by atoms with E-state index in [2.05, 4.69) is 5.32 Å². The van der Waals surface area contributed by atoms with E-state index in [1.54, 1.807) is 12.1 Å². The lowest BCUT2D eigenvalue weighted by Crippen LogP contribution is -2.30. The average molecular weight is 445 g/mol. The highest BCUT2D eigenvalue weighted by molar-refractivity contribution is 7.89. The molecule has 0 saturated heterocycles. The van der Waals surface area contributed by atoms with Crippen LogP contribution < -0.4 is 10.5 Å². The molecule has 1 heterocycles. The summed E-state index contributed by atoms with van der Waals surface area (Å²) in [7, 11) is -3.91. The number of hydrogen-bond acceptors (Lipinski definition) is 7. The van der Waals surface area contributed by atoms with E-state index in [1.807, 2.05) is 0 Å². The summed E-state index contributed by atoms with van der Waals surface area (Å²) in [6.45, 7) is 1.36. The highest BCUT2D eigenvalue weighted by Gasteiger charge is 2.20. The topological polar surface area (TPSA) is 133 Å². The van der Waals surface area contributed by atoms with Crippen LogP contribution in [-0.4, -0.2) is 32.2 Å². The van der Waals surface area contributed by atoms with Crippen LogP contribution in [0.1, 0.15) is 29.4 Å². The van der Waals surface area contributed by atoms with Crippen LogP contribution in [0.4, 0.5) is 5.69 Å². The van der Waals surface area contributed by atoms with Gasteiger partial charge in [0.25, 0.3) is 5.91 Å². The Morgan fingerprint density at radius 1 is 1.21 bits per heavy atom. The molecule has 0 saturated carbocycles. The average Bonchev–Trinajstić information content (AvgIpc) is 3.05. The summed E-state index contributed by atoms with van der Waals surface area (Å²) in [5.41, 5.74) is 0.184. The van der Waals surface area contributed by atoms with E-state index in [9.17, 15) is 22.8 Å². The van der Waals surface area contributed by atoms with Gasteiger partial charge in [-0.25, -0.2) is 13.6 Å². The first-order chi connectivity index (χ1) is 13.1. The zero-order chi connectivity index (χ0) is 20.9. The van der Waals surface area contributed by atoms with E-state index >= 15 is 0 Å². The number of halogens is 1. The van der Waals surface area contributed by atoms with Gasteiger partial charge in [-0.3, -0.25) is 14.4 Å². The predicted molar refractivity (Wildman–Crippen MR) is 105 cm³/mol. The first-order valence-electron chi connectivity index (χ1n) is 7.98. The number of anilines is 1. The molecular weight excluding hydrogens is 428 g/mol. The van der Waals surface area contributed by atoms with E-state index in [0.29, 0.717) is 9.21 Å².